The average molecular weight is 373 g/mol. The summed E-state index contributed by atoms with van der Waals surface area (Å²) in [4.78, 5) is 14.9. The molecule has 0 radical (unpaired) electrons. The van der Waals surface area contributed by atoms with E-state index in [2.05, 4.69) is 31.0 Å². The molecule has 0 aromatic carbocycles. The monoisotopic (exact) mass is 372 g/mol. The van der Waals surface area contributed by atoms with Crippen LogP contribution in [0.3, 0.4) is 0 Å². The molecule has 1 aromatic rings. The van der Waals surface area contributed by atoms with E-state index in [0.717, 1.165) is 13.1 Å². The second kappa shape index (κ2) is 9.35. The summed E-state index contributed by atoms with van der Waals surface area (Å²) in [5.74, 6) is -0.262. The number of hydrogen-bond acceptors (Lipinski definition) is 4. The maximum Gasteiger partial charge on any atom is 0.267 e. The maximum atomic E-state index is 12.6. The van der Waals surface area contributed by atoms with Gasteiger partial charge in [0.2, 0.25) is 10.0 Å². The number of aromatic nitrogens is 1. The molecule has 0 saturated carbocycles. The molecule has 1 rings (SSSR count). The lowest BCUT2D eigenvalue weighted by molar-refractivity contribution is 0.0930. The van der Waals surface area contributed by atoms with Crippen LogP contribution in [0.1, 0.15) is 45.1 Å². The van der Waals surface area contributed by atoms with Gasteiger partial charge >= 0.3 is 0 Å². The quantitative estimate of drug-likeness (QED) is 0.676. The first-order valence-electron chi connectivity index (χ1n) is 8.91. The number of likely N-dealkylation sites (N-methyl/N-ethyl adjacent to an activating group) is 1. The molecule has 1 N–H and O–H groups in total. The van der Waals surface area contributed by atoms with E-state index in [1.807, 2.05) is 0 Å². The first-order valence-corrected chi connectivity index (χ1v) is 10.3. The van der Waals surface area contributed by atoms with E-state index in [1.54, 1.807) is 25.5 Å². The highest BCUT2D eigenvalue weighted by molar-refractivity contribution is 7.89. The van der Waals surface area contributed by atoms with E-state index in [9.17, 15) is 13.2 Å². The van der Waals surface area contributed by atoms with Gasteiger partial charge in [0, 0.05) is 38.9 Å². The summed E-state index contributed by atoms with van der Waals surface area (Å²) in [5, 5.41) is 2.90. The van der Waals surface area contributed by atoms with Crippen molar-refractivity contribution in [3.8, 4) is 0 Å². The van der Waals surface area contributed by atoms with E-state index < -0.39 is 10.0 Å². The Labute approximate surface area is 152 Å². The number of aryl methyl sites for hydroxylation is 1. The van der Waals surface area contributed by atoms with Gasteiger partial charge in [-0.1, -0.05) is 27.7 Å². The van der Waals surface area contributed by atoms with Gasteiger partial charge in [-0.15, -0.1) is 0 Å². The van der Waals surface area contributed by atoms with Gasteiger partial charge in [-0.3, -0.25) is 9.69 Å². The predicted octanol–water partition coefficient (Wildman–Crippen LogP) is 1.52. The molecular weight excluding hydrogens is 340 g/mol. The summed E-state index contributed by atoms with van der Waals surface area (Å²) in [6, 6.07) is 1.67. The molecule has 0 saturated heterocycles. The minimum Gasteiger partial charge on any atom is -0.349 e. The van der Waals surface area contributed by atoms with Crippen molar-refractivity contribution in [2.45, 2.75) is 45.6 Å². The molecular formula is C17H32N4O3S. The zero-order chi connectivity index (χ0) is 19.2. The molecule has 0 bridgehead atoms. The zero-order valence-corrected chi connectivity index (χ0v) is 17.1. The smallest absolute Gasteiger partial charge is 0.267 e. The number of nitrogens with zero attached hydrogens (tertiary/aromatic N) is 3. The summed E-state index contributed by atoms with van der Waals surface area (Å²) < 4.78 is 28.1. The van der Waals surface area contributed by atoms with Gasteiger partial charge in [-0.05, 0) is 26.1 Å². The Morgan fingerprint density at radius 3 is 2.20 bits per heavy atom. The third-order valence-electron chi connectivity index (χ3n) is 4.55. The van der Waals surface area contributed by atoms with Crippen LogP contribution in [0.15, 0.2) is 17.2 Å². The molecule has 1 atom stereocenters. The fourth-order valence-corrected chi connectivity index (χ4v) is 4.45. The van der Waals surface area contributed by atoms with Crippen molar-refractivity contribution in [3.63, 3.8) is 0 Å². The minimum atomic E-state index is -3.56. The third kappa shape index (κ3) is 5.05. The lowest BCUT2D eigenvalue weighted by Gasteiger charge is -2.26. The molecule has 0 aliphatic carbocycles. The highest BCUT2D eigenvalue weighted by Crippen LogP contribution is 2.18. The number of hydrogen-bond donors (Lipinski definition) is 1. The van der Waals surface area contributed by atoms with Gasteiger partial charge < -0.3 is 9.88 Å². The van der Waals surface area contributed by atoms with E-state index >= 15 is 0 Å². The predicted molar refractivity (Wildman–Crippen MR) is 100 cm³/mol. The fourth-order valence-electron chi connectivity index (χ4n) is 2.92. The molecule has 144 valence electrons. The van der Waals surface area contributed by atoms with Crippen LogP contribution in [0.5, 0.6) is 0 Å². The molecule has 25 heavy (non-hydrogen) atoms. The SMILES string of the molecule is CCN(CC)C(C)CNC(=O)c1cc(S(=O)(=O)N(CC)CC)cn1C. The van der Waals surface area contributed by atoms with Crippen molar-refractivity contribution in [1.82, 2.24) is 19.1 Å². The number of nitrogens with one attached hydrogen (secondary N) is 1. The largest absolute Gasteiger partial charge is 0.349 e. The first kappa shape index (κ1) is 21.7. The molecule has 1 unspecified atom stereocenters. The van der Waals surface area contributed by atoms with E-state index in [4.69, 9.17) is 0 Å². The van der Waals surface area contributed by atoms with Gasteiger partial charge in [-0.25, -0.2) is 8.42 Å². The Hall–Kier alpha value is -1.38. The van der Waals surface area contributed by atoms with Crippen LogP contribution in [0.25, 0.3) is 0 Å². The average Bonchev–Trinajstić information content (AvgIpc) is 2.97. The maximum absolute atomic E-state index is 12.6. The van der Waals surface area contributed by atoms with Crippen molar-refractivity contribution in [2.75, 3.05) is 32.7 Å². The third-order valence-corrected chi connectivity index (χ3v) is 6.56. The first-order chi connectivity index (χ1) is 11.7. The Kier molecular flexibility index (Phi) is 8.11. The Balaban J connectivity index is 2.91. The van der Waals surface area contributed by atoms with Crippen molar-refractivity contribution < 1.29 is 13.2 Å². The highest BCUT2D eigenvalue weighted by atomic mass is 32.2. The standard InChI is InChI=1S/C17H32N4O3S/c1-7-20(8-2)14(5)12-18-17(22)16-11-15(13-19(16)6)25(23,24)21(9-3)10-4/h11,13-14H,7-10,12H2,1-6H3,(H,18,22). The topological polar surface area (TPSA) is 74.7 Å². The summed E-state index contributed by atoms with van der Waals surface area (Å²) in [7, 11) is -1.88. The summed E-state index contributed by atoms with van der Waals surface area (Å²) in [6.45, 7) is 13.0. The Morgan fingerprint density at radius 1 is 1.16 bits per heavy atom. The van der Waals surface area contributed by atoms with E-state index in [-0.39, 0.29) is 16.8 Å². The zero-order valence-electron chi connectivity index (χ0n) is 16.2. The normalized spacial score (nSPS) is 13.4. The van der Waals surface area contributed by atoms with E-state index in [1.165, 1.54) is 16.6 Å². The van der Waals surface area contributed by atoms with Crippen molar-refractivity contribution in [2.24, 2.45) is 7.05 Å². The van der Waals surface area contributed by atoms with Gasteiger partial charge in [0.05, 0.1) is 0 Å². The number of rotatable bonds is 10. The lowest BCUT2D eigenvalue weighted by atomic mass is 10.2. The molecule has 0 spiro atoms. The van der Waals surface area contributed by atoms with Crippen LogP contribution in [-0.4, -0.2) is 66.9 Å². The summed E-state index contributed by atoms with van der Waals surface area (Å²) in [6.07, 6.45) is 1.50. The van der Waals surface area contributed by atoms with Crippen molar-refractivity contribution in [1.29, 1.82) is 0 Å². The molecule has 0 fully saturated rings. The molecule has 1 aromatic heterocycles. The summed E-state index contributed by atoms with van der Waals surface area (Å²) >= 11 is 0. The van der Waals surface area contributed by atoms with Gasteiger partial charge in [0.1, 0.15) is 10.6 Å². The highest BCUT2D eigenvalue weighted by Gasteiger charge is 2.25. The Morgan fingerprint density at radius 2 is 1.72 bits per heavy atom. The number of amides is 1. The second-order valence-electron chi connectivity index (χ2n) is 6.04. The molecule has 7 nitrogen and oxygen atoms in total. The van der Waals surface area contributed by atoms with Crippen molar-refractivity contribution >= 4 is 15.9 Å². The van der Waals surface area contributed by atoms with Gasteiger partial charge in [0.15, 0.2) is 0 Å². The molecule has 1 heterocycles. The van der Waals surface area contributed by atoms with Crippen LogP contribution in [0.4, 0.5) is 0 Å². The lowest BCUT2D eigenvalue weighted by Crippen LogP contribution is -2.42. The van der Waals surface area contributed by atoms with Crippen LogP contribution < -0.4 is 5.32 Å². The Bertz CT molecular complexity index is 661. The molecule has 0 aliphatic heterocycles. The summed E-state index contributed by atoms with van der Waals surface area (Å²) in [5.41, 5.74) is 0.345. The fraction of sp³-hybridized carbons (Fsp3) is 0.706. The van der Waals surface area contributed by atoms with Crippen LogP contribution in [-0.2, 0) is 17.1 Å². The molecule has 1 amide bonds. The van der Waals surface area contributed by atoms with E-state index in [0.29, 0.717) is 25.3 Å². The number of carbonyl (C=O) groups excluding carboxylic acids is 1. The second-order valence-corrected chi connectivity index (χ2v) is 7.98. The number of sulfonamides is 1. The van der Waals surface area contributed by atoms with Crippen LogP contribution >= 0.6 is 0 Å². The van der Waals surface area contributed by atoms with Crippen LogP contribution in [0, 0.1) is 0 Å². The van der Waals surface area contributed by atoms with Crippen LogP contribution in [0.2, 0.25) is 0 Å². The van der Waals surface area contributed by atoms with Gasteiger partial charge in [0.25, 0.3) is 5.91 Å². The molecule has 8 heteroatoms. The van der Waals surface area contributed by atoms with Gasteiger partial charge in [-0.2, -0.15) is 4.31 Å². The molecule has 0 aliphatic rings. The number of carbonyl (C=O) groups is 1. The van der Waals surface area contributed by atoms with Crippen molar-refractivity contribution in [3.05, 3.63) is 18.0 Å². The minimum absolute atomic E-state index is 0.153.